The molecule has 206 valence electrons. The van der Waals surface area contributed by atoms with Crippen molar-refractivity contribution in [2.45, 2.75) is 63.4 Å². The lowest BCUT2D eigenvalue weighted by molar-refractivity contribution is -0.384. The van der Waals surface area contributed by atoms with Crippen LogP contribution in [-0.2, 0) is 31.5 Å². The second-order valence-corrected chi connectivity index (χ2v) is 14.0. The zero-order valence-corrected chi connectivity index (χ0v) is 23.5. The summed E-state index contributed by atoms with van der Waals surface area (Å²) in [5, 5.41) is 12.3. The van der Waals surface area contributed by atoms with Crippen LogP contribution in [0.2, 0.25) is 5.02 Å². The smallest absolute Gasteiger partial charge is 0.464 e. The number of sulfonamides is 1. The summed E-state index contributed by atoms with van der Waals surface area (Å²) in [6, 6.07) is 11.4. The molecule has 0 spiro atoms. The molecule has 39 heavy (non-hydrogen) atoms. The zero-order chi connectivity index (χ0) is 27.7. The number of rotatable bonds is 8. The number of nitro benzene ring substituents is 1. The summed E-state index contributed by atoms with van der Waals surface area (Å²) < 4.78 is 48.5. The fourth-order valence-electron chi connectivity index (χ4n) is 7.01. The van der Waals surface area contributed by atoms with Crippen molar-refractivity contribution in [3.8, 4) is 0 Å². The molecular weight excluding hydrogens is 543 g/mol. The third-order valence-corrected chi connectivity index (χ3v) is 10.7. The Morgan fingerprint density at radius 3 is 2.72 bits per heavy atom. The number of fused-ring (bicyclic) bond motifs is 1. The van der Waals surface area contributed by atoms with Gasteiger partial charge in [-0.1, -0.05) is 43.6 Å². The largest absolute Gasteiger partial charge is 0.477 e. The van der Waals surface area contributed by atoms with Crippen LogP contribution in [0, 0.1) is 27.4 Å². The van der Waals surface area contributed by atoms with Crippen LogP contribution in [0.5, 0.6) is 0 Å². The predicted molar refractivity (Wildman–Crippen MR) is 148 cm³/mol. The van der Waals surface area contributed by atoms with Crippen molar-refractivity contribution in [2.75, 3.05) is 0 Å². The summed E-state index contributed by atoms with van der Waals surface area (Å²) in [5.74, 6) is -0.373. The van der Waals surface area contributed by atoms with E-state index in [2.05, 4.69) is 25.5 Å². The highest BCUT2D eigenvalue weighted by molar-refractivity contribution is 7.88. The average molecular weight is 573 g/mol. The quantitative estimate of drug-likeness (QED) is 0.221. The Labute approximate surface area is 232 Å². The Bertz CT molecular complexity index is 1560. The molecule has 1 N–H and O–H groups in total. The van der Waals surface area contributed by atoms with Gasteiger partial charge in [-0.05, 0) is 66.7 Å². The Kier molecular flexibility index (Phi) is 6.39. The summed E-state index contributed by atoms with van der Waals surface area (Å²) in [4.78, 5) is 10.7. The fraction of sp³-hybridized carbons (Fsp3) is 0.481. The number of halogens is 1. The van der Waals surface area contributed by atoms with E-state index >= 15 is 0 Å². The van der Waals surface area contributed by atoms with Crippen LogP contribution in [0.3, 0.4) is 0 Å². The van der Waals surface area contributed by atoms with Gasteiger partial charge in [-0.2, -0.15) is 0 Å². The maximum absolute atomic E-state index is 13.5. The van der Waals surface area contributed by atoms with Crippen LogP contribution >= 0.6 is 11.6 Å². The minimum absolute atomic E-state index is 0.0943. The molecule has 5 atom stereocenters. The second-order valence-electron chi connectivity index (χ2n) is 11.9. The standard InChI is InChI=1S/C27H30BClN2O7S/c1-26(2)18-11-23(26)27(3)24(12-18)37-28(38-27)25(10-17-14-36-22-7-5-4-6-21(17)22)30-39(34,35)15-16-8-19(29)13-20(9-16)31(32)33/h4-9,13-14,18,23-25,30H,10-12,15H2,1-3H3/t18-,23-,24+,25-,27-/m0/s1. The van der Waals surface area contributed by atoms with Crippen molar-refractivity contribution in [1.82, 2.24) is 4.72 Å². The first-order chi connectivity index (χ1) is 18.4. The highest BCUT2D eigenvalue weighted by Crippen LogP contribution is 2.65. The van der Waals surface area contributed by atoms with Gasteiger partial charge in [0.1, 0.15) is 5.58 Å². The topological polar surface area (TPSA) is 121 Å². The van der Waals surface area contributed by atoms with Gasteiger partial charge >= 0.3 is 7.12 Å². The minimum Gasteiger partial charge on any atom is -0.464 e. The van der Waals surface area contributed by atoms with Gasteiger partial charge in [0.25, 0.3) is 5.69 Å². The van der Waals surface area contributed by atoms with Crippen molar-refractivity contribution in [3.63, 3.8) is 0 Å². The molecule has 4 fully saturated rings. The first-order valence-electron chi connectivity index (χ1n) is 13.1. The van der Waals surface area contributed by atoms with Gasteiger partial charge in [0.2, 0.25) is 10.0 Å². The molecule has 1 saturated heterocycles. The molecule has 1 aliphatic heterocycles. The Morgan fingerprint density at radius 1 is 1.21 bits per heavy atom. The molecule has 2 bridgehead atoms. The minimum atomic E-state index is -3.99. The number of nitrogens with one attached hydrogen (secondary N) is 1. The van der Waals surface area contributed by atoms with E-state index in [0.29, 0.717) is 17.4 Å². The van der Waals surface area contributed by atoms with Crippen LogP contribution in [0.15, 0.2) is 53.1 Å². The number of para-hydroxylation sites is 1. The van der Waals surface area contributed by atoms with Crippen LogP contribution < -0.4 is 4.72 Å². The SMILES string of the molecule is CC1(C)[C@@H]2C[C@H]3OB([C@H](Cc4coc5ccccc45)NS(=O)(=O)Cc4cc(Cl)cc([N+](=O)[O-])c4)O[C@@]3(C)[C@H]1C2. The van der Waals surface area contributed by atoms with E-state index < -0.39 is 39.4 Å². The van der Waals surface area contributed by atoms with E-state index in [1.807, 2.05) is 24.3 Å². The molecular formula is C27H30BClN2O7S. The first-order valence-corrected chi connectivity index (χ1v) is 15.1. The molecule has 0 radical (unpaired) electrons. The number of non-ortho nitro benzene ring substituents is 1. The van der Waals surface area contributed by atoms with Gasteiger partial charge in [-0.15, -0.1) is 0 Å². The summed E-state index contributed by atoms with van der Waals surface area (Å²) in [6.45, 7) is 6.63. The van der Waals surface area contributed by atoms with E-state index in [4.69, 9.17) is 25.3 Å². The highest BCUT2D eigenvalue weighted by Gasteiger charge is 2.68. The van der Waals surface area contributed by atoms with Gasteiger partial charge in [-0.25, -0.2) is 13.1 Å². The highest BCUT2D eigenvalue weighted by atomic mass is 35.5. The van der Waals surface area contributed by atoms with Crippen molar-refractivity contribution in [2.24, 2.45) is 17.3 Å². The maximum Gasteiger partial charge on any atom is 0.477 e. The number of benzene rings is 2. The van der Waals surface area contributed by atoms with Gasteiger partial charge < -0.3 is 13.7 Å². The first kappa shape index (κ1) is 26.8. The van der Waals surface area contributed by atoms with Crippen LogP contribution in [0.25, 0.3) is 11.0 Å². The molecule has 1 aromatic heterocycles. The third-order valence-electron chi connectivity index (χ3n) is 9.14. The van der Waals surface area contributed by atoms with Crippen LogP contribution in [0.1, 0.15) is 44.7 Å². The lowest BCUT2D eigenvalue weighted by Gasteiger charge is -2.64. The van der Waals surface area contributed by atoms with E-state index in [1.165, 1.54) is 18.2 Å². The number of nitro groups is 1. The van der Waals surface area contributed by atoms with Crippen molar-refractivity contribution < 1.29 is 27.1 Å². The number of nitrogens with zero attached hydrogens (tertiary/aromatic N) is 1. The second kappa shape index (κ2) is 9.31. The van der Waals surface area contributed by atoms with Crippen molar-refractivity contribution >= 4 is 45.4 Å². The molecule has 0 unspecified atom stereocenters. The molecule has 4 aliphatic rings. The van der Waals surface area contributed by atoms with Crippen molar-refractivity contribution in [1.29, 1.82) is 0 Å². The van der Waals surface area contributed by atoms with E-state index in [-0.39, 0.29) is 34.2 Å². The van der Waals surface area contributed by atoms with Gasteiger partial charge in [-0.3, -0.25) is 10.1 Å². The van der Waals surface area contributed by atoms with E-state index in [9.17, 15) is 18.5 Å². The summed E-state index contributed by atoms with van der Waals surface area (Å²) in [7, 11) is -4.80. The molecule has 3 aromatic rings. The van der Waals surface area contributed by atoms with Gasteiger partial charge in [0, 0.05) is 22.5 Å². The van der Waals surface area contributed by atoms with Crippen molar-refractivity contribution in [3.05, 3.63) is 75.0 Å². The molecule has 0 amide bonds. The Balaban J connectivity index is 1.30. The predicted octanol–water partition coefficient (Wildman–Crippen LogP) is 5.29. The zero-order valence-electron chi connectivity index (χ0n) is 21.9. The normalized spacial score (nSPS) is 28.2. The maximum atomic E-state index is 13.5. The van der Waals surface area contributed by atoms with Gasteiger partial charge in [0.05, 0.1) is 34.6 Å². The molecule has 2 aromatic carbocycles. The van der Waals surface area contributed by atoms with Gasteiger partial charge in [0.15, 0.2) is 0 Å². The lowest BCUT2D eigenvalue weighted by Crippen LogP contribution is -2.65. The average Bonchev–Trinajstić information content (AvgIpc) is 3.43. The molecule has 9 nitrogen and oxygen atoms in total. The third kappa shape index (κ3) is 4.68. The van der Waals surface area contributed by atoms with Crippen LogP contribution in [0.4, 0.5) is 5.69 Å². The number of furan rings is 1. The molecule has 3 aliphatic carbocycles. The fourth-order valence-corrected chi connectivity index (χ4v) is 8.60. The summed E-state index contributed by atoms with van der Waals surface area (Å²) in [5.41, 5.74) is 1.10. The Hall–Kier alpha value is -2.44. The number of hydrogen-bond donors (Lipinski definition) is 1. The molecule has 7 rings (SSSR count). The number of hydrogen-bond acceptors (Lipinski definition) is 7. The molecule has 12 heteroatoms. The summed E-state index contributed by atoms with van der Waals surface area (Å²) in [6.07, 6.45) is 3.73. The van der Waals surface area contributed by atoms with E-state index in [0.717, 1.165) is 23.8 Å². The Morgan fingerprint density at radius 2 is 1.97 bits per heavy atom. The monoisotopic (exact) mass is 572 g/mol. The molecule has 2 heterocycles. The van der Waals surface area contributed by atoms with Crippen LogP contribution in [-0.4, -0.2) is 38.1 Å². The van der Waals surface area contributed by atoms with E-state index in [1.54, 1.807) is 6.26 Å². The molecule has 3 saturated carbocycles. The lowest BCUT2D eigenvalue weighted by atomic mass is 9.43. The summed E-state index contributed by atoms with van der Waals surface area (Å²) >= 11 is 6.04.